The van der Waals surface area contributed by atoms with Gasteiger partial charge in [-0.15, -0.1) is 0 Å². The second-order valence-corrected chi connectivity index (χ2v) is 9.18. The van der Waals surface area contributed by atoms with Crippen LogP contribution in [0.3, 0.4) is 0 Å². The fraction of sp³-hybridized carbons (Fsp3) is 0.167. The average Bonchev–Trinajstić information content (AvgIpc) is 2.80. The third-order valence-electron chi connectivity index (χ3n) is 5.03. The zero-order valence-electron chi connectivity index (χ0n) is 17.7. The summed E-state index contributed by atoms with van der Waals surface area (Å²) in [5.74, 6) is -1.91. The fourth-order valence-corrected chi connectivity index (χ4v) is 3.82. The minimum atomic E-state index is -4.43. The van der Waals surface area contributed by atoms with Gasteiger partial charge in [0, 0.05) is 0 Å². The summed E-state index contributed by atoms with van der Waals surface area (Å²) in [6.45, 7) is 0. The highest BCUT2D eigenvalue weighted by Gasteiger charge is 2.28. The molecule has 0 spiro atoms. The second kappa shape index (κ2) is 11.0. The van der Waals surface area contributed by atoms with Gasteiger partial charge in [0.15, 0.2) is 6.04 Å². The molecular weight excluding hydrogens is 443 g/mol. The first-order chi connectivity index (χ1) is 15.7. The van der Waals surface area contributed by atoms with Crippen LogP contribution in [0.5, 0.6) is 0 Å². The molecule has 3 aromatic rings. The molecule has 0 saturated carbocycles. The molecule has 3 aromatic carbocycles. The van der Waals surface area contributed by atoms with E-state index in [0.29, 0.717) is 5.56 Å². The molecule has 1 amide bonds. The molecule has 0 radical (unpaired) electrons. The van der Waals surface area contributed by atoms with Gasteiger partial charge < -0.3 is 20.2 Å². The summed E-state index contributed by atoms with van der Waals surface area (Å²) in [7, 11) is -4.43. The van der Waals surface area contributed by atoms with Crippen LogP contribution in [-0.2, 0) is 20.6 Å². The molecule has 0 bridgehead atoms. The number of rotatable bonds is 10. The van der Waals surface area contributed by atoms with Crippen LogP contribution in [0.25, 0.3) is 11.1 Å². The van der Waals surface area contributed by atoms with Crippen molar-refractivity contribution in [3.63, 3.8) is 0 Å². The number of nitrogens with one attached hydrogen (secondary N) is 2. The first-order valence-corrected chi connectivity index (χ1v) is 12.0. The standard InChI is InChI=1S/C24H25N2O6P/c27-23(26-22(24(28)29)20-9-5-2-6-10-20)21(25-16-33(30,31)32)15-17-11-13-19(14-12-17)18-7-3-1-4-8-18/h1-14,21-22,25H,15-16H2,(H,26,27)(H,28,29)(H2,30,31,32)/t21-,22-/m0/s1. The highest BCUT2D eigenvalue weighted by Crippen LogP contribution is 2.32. The molecule has 0 aliphatic carbocycles. The van der Waals surface area contributed by atoms with Gasteiger partial charge in [0.2, 0.25) is 5.91 Å². The largest absolute Gasteiger partial charge is 0.479 e. The van der Waals surface area contributed by atoms with Crippen LogP contribution in [-0.4, -0.2) is 39.1 Å². The third-order valence-corrected chi connectivity index (χ3v) is 5.62. The first-order valence-electron chi connectivity index (χ1n) is 10.2. The third kappa shape index (κ3) is 7.37. The predicted octanol–water partition coefficient (Wildman–Crippen LogP) is 2.93. The van der Waals surface area contributed by atoms with Gasteiger partial charge in [-0.25, -0.2) is 4.79 Å². The van der Waals surface area contributed by atoms with Crippen molar-refractivity contribution >= 4 is 19.5 Å². The van der Waals surface area contributed by atoms with Crippen molar-refractivity contribution in [2.75, 3.05) is 6.29 Å². The number of aliphatic carboxylic acids is 1. The van der Waals surface area contributed by atoms with E-state index >= 15 is 0 Å². The Balaban J connectivity index is 1.78. The van der Waals surface area contributed by atoms with E-state index in [1.807, 2.05) is 54.6 Å². The Morgan fingerprint density at radius 2 is 1.36 bits per heavy atom. The topological polar surface area (TPSA) is 136 Å². The quantitative estimate of drug-likeness (QED) is 0.289. The fourth-order valence-electron chi connectivity index (χ4n) is 3.36. The van der Waals surface area contributed by atoms with Gasteiger partial charge in [0.1, 0.15) is 0 Å². The summed E-state index contributed by atoms with van der Waals surface area (Å²) in [5.41, 5.74) is 3.16. The number of amides is 1. The van der Waals surface area contributed by atoms with Crippen molar-refractivity contribution < 1.29 is 29.0 Å². The molecule has 0 heterocycles. The van der Waals surface area contributed by atoms with Gasteiger partial charge in [-0.05, 0) is 28.7 Å². The molecule has 0 aromatic heterocycles. The van der Waals surface area contributed by atoms with Crippen molar-refractivity contribution in [3.8, 4) is 11.1 Å². The van der Waals surface area contributed by atoms with Crippen LogP contribution in [0, 0.1) is 0 Å². The van der Waals surface area contributed by atoms with Gasteiger partial charge >= 0.3 is 13.6 Å². The van der Waals surface area contributed by atoms with E-state index in [0.717, 1.165) is 16.7 Å². The maximum Gasteiger partial charge on any atom is 0.339 e. The highest BCUT2D eigenvalue weighted by molar-refractivity contribution is 7.51. The second-order valence-electron chi connectivity index (χ2n) is 7.54. The minimum absolute atomic E-state index is 0.113. The number of carboxylic acid groups (broad SMARTS) is 1. The molecule has 5 N–H and O–H groups in total. The molecule has 8 nitrogen and oxygen atoms in total. The predicted molar refractivity (Wildman–Crippen MR) is 124 cm³/mol. The lowest BCUT2D eigenvalue weighted by molar-refractivity contribution is -0.142. The molecule has 0 aliphatic rings. The van der Waals surface area contributed by atoms with Crippen molar-refractivity contribution in [2.45, 2.75) is 18.5 Å². The Hall–Kier alpha value is -3.29. The molecule has 9 heteroatoms. The van der Waals surface area contributed by atoms with E-state index < -0.39 is 37.8 Å². The Bertz CT molecular complexity index is 1120. The van der Waals surface area contributed by atoms with Gasteiger partial charge in [0.05, 0.1) is 12.3 Å². The van der Waals surface area contributed by atoms with E-state index in [4.69, 9.17) is 0 Å². The molecule has 0 unspecified atom stereocenters. The Morgan fingerprint density at radius 3 is 1.91 bits per heavy atom. The number of carboxylic acids is 1. The molecule has 3 rings (SSSR count). The lowest BCUT2D eigenvalue weighted by Crippen LogP contribution is -2.48. The van der Waals surface area contributed by atoms with Crippen molar-refractivity contribution in [1.29, 1.82) is 0 Å². The molecule has 2 atom stereocenters. The Labute approximate surface area is 191 Å². The summed E-state index contributed by atoms with van der Waals surface area (Å²) < 4.78 is 11.4. The Kier molecular flexibility index (Phi) is 8.14. The minimum Gasteiger partial charge on any atom is -0.479 e. The van der Waals surface area contributed by atoms with Crippen LogP contribution in [0.2, 0.25) is 0 Å². The van der Waals surface area contributed by atoms with E-state index in [1.165, 1.54) is 0 Å². The number of hydrogen-bond acceptors (Lipinski definition) is 4. The van der Waals surface area contributed by atoms with Crippen LogP contribution < -0.4 is 10.6 Å². The molecule has 0 saturated heterocycles. The van der Waals surface area contributed by atoms with Crippen molar-refractivity contribution in [3.05, 3.63) is 96.1 Å². The van der Waals surface area contributed by atoms with Crippen molar-refractivity contribution in [1.82, 2.24) is 10.6 Å². The molecule has 0 aliphatic heterocycles. The summed E-state index contributed by atoms with van der Waals surface area (Å²) >= 11 is 0. The van der Waals surface area contributed by atoms with E-state index in [2.05, 4.69) is 10.6 Å². The zero-order valence-corrected chi connectivity index (χ0v) is 18.6. The number of hydrogen-bond donors (Lipinski definition) is 5. The zero-order chi connectivity index (χ0) is 23.8. The molecular formula is C24H25N2O6P. The number of benzene rings is 3. The number of carbonyl (C=O) groups is 2. The molecule has 172 valence electrons. The van der Waals surface area contributed by atoms with Gasteiger partial charge in [-0.3, -0.25) is 14.7 Å². The van der Waals surface area contributed by atoms with Crippen molar-refractivity contribution in [2.24, 2.45) is 0 Å². The average molecular weight is 468 g/mol. The summed E-state index contributed by atoms with van der Waals surface area (Å²) in [4.78, 5) is 43.2. The van der Waals surface area contributed by atoms with Gasteiger partial charge in [-0.1, -0.05) is 84.9 Å². The maximum absolute atomic E-state index is 13.0. The van der Waals surface area contributed by atoms with Crippen LogP contribution in [0.15, 0.2) is 84.9 Å². The Morgan fingerprint density at radius 1 is 0.818 bits per heavy atom. The van der Waals surface area contributed by atoms with Crippen LogP contribution in [0.4, 0.5) is 0 Å². The van der Waals surface area contributed by atoms with E-state index in [9.17, 15) is 29.0 Å². The lowest BCUT2D eigenvalue weighted by atomic mass is 10.00. The summed E-state index contributed by atoms with van der Waals surface area (Å²) in [6.07, 6.45) is -0.599. The van der Waals surface area contributed by atoms with E-state index in [1.54, 1.807) is 30.3 Å². The van der Waals surface area contributed by atoms with Crippen LogP contribution in [0.1, 0.15) is 17.2 Å². The molecule has 33 heavy (non-hydrogen) atoms. The maximum atomic E-state index is 13.0. The summed E-state index contributed by atoms with van der Waals surface area (Å²) in [6, 6.07) is 23.1. The molecule has 0 fully saturated rings. The summed E-state index contributed by atoms with van der Waals surface area (Å²) in [5, 5.41) is 14.6. The lowest BCUT2D eigenvalue weighted by Gasteiger charge is -2.22. The monoisotopic (exact) mass is 468 g/mol. The van der Waals surface area contributed by atoms with Crippen LogP contribution >= 0.6 is 7.60 Å². The van der Waals surface area contributed by atoms with Gasteiger partial charge in [-0.2, -0.15) is 0 Å². The smallest absolute Gasteiger partial charge is 0.339 e. The number of carbonyl (C=O) groups excluding carboxylic acids is 1. The van der Waals surface area contributed by atoms with E-state index in [-0.39, 0.29) is 6.42 Å². The normalized spacial score (nSPS) is 13.2. The first kappa shape index (κ1) is 24.4. The highest BCUT2D eigenvalue weighted by atomic mass is 31.2. The SMILES string of the molecule is O=C(N[C@H](C(=O)O)c1ccccc1)[C@H](Cc1ccc(-c2ccccc2)cc1)NCP(=O)(O)O. The van der Waals surface area contributed by atoms with Gasteiger partial charge in [0.25, 0.3) is 0 Å².